The molecule has 0 aliphatic heterocycles. The number of hydrogen-bond donors (Lipinski definition) is 2. The first-order chi connectivity index (χ1) is 9.27. The van der Waals surface area contributed by atoms with E-state index in [1.807, 2.05) is 32.0 Å². The SMILES string of the molecule is CCN(CC)CC(=O)Nc1ccc(C(C)(C)C)cc1N. The number of benzene rings is 1. The molecule has 4 heteroatoms. The van der Waals surface area contributed by atoms with Gasteiger partial charge in [-0.15, -0.1) is 0 Å². The molecule has 0 atom stereocenters. The Hall–Kier alpha value is -1.55. The minimum atomic E-state index is -0.0242. The normalized spacial score (nSPS) is 11.7. The van der Waals surface area contributed by atoms with Crippen molar-refractivity contribution in [1.29, 1.82) is 0 Å². The van der Waals surface area contributed by atoms with Gasteiger partial charge in [0, 0.05) is 0 Å². The molecule has 1 aromatic carbocycles. The Morgan fingerprint density at radius 3 is 2.30 bits per heavy atom. The maximum Gasteiger partial charge on any atom is 0.238 e. The van der Waals surface area contributed by atoms with Gasteiger partial charge in [-0.3, -0.25) is 9.69 Å². The number of carbonyl (C=O) groups is 1. The van der Waals surface area contributed by atoms with Crippen molar-refractivity contribution in [2.75, 3.05) is 30.7 Å². The molecule has 0 radical (unpaired) electrons. The first-order valence-corrected chi connectivity index (χ1v) is 7.20. The highest BCUT2D eigenvalue weighted by Gasteiger charge is 2.15. The lowest BCUT2D eigenvalue weighted by Crippen LogP contribution is -2.33. The summed E-state index contributed by atoms with van der Waals surface area (Å²) in [7, 11) is 0. The van der Waals surface area contributed by atoms with Crippen molar-refractivity contribution in [2.45, 2.75) is 40.0 Å². The van der Waals surface area contributed by atoms with Crippen molar-refractivity contribution in [3.63, 3.8) is 0 Å². The number of likely N-dealkylation sites (N-methyl/N-ethyl adjacent to an activating group) is 1. The topological polar surface area (TPSA) is 58.4 Å². The summed E-state index contributed by atoms with van der Waals surface area (Å²) < 4.78 is 0. The molecule has 0 aromatic heterocycles. The second kappa shape index (κ2) is 6.75. The van der Waals surface area contributed by atoms with Crippen molar-refractivity contribution in [1.82, 2.24) is 4.90 Å². The third-order valence-corrected chi connectivity index (χ3v) is 3.45. The van der Waals surface area contributed by atoms with Crippen LogP contribution in [0.4, 0.5) is 11.4 Å². The van der Waals surface area contributed by atoms with E-state index in [2.05, 4.69) is 31.0 Å². The van der Waals surface area contributed by atoms with Gasteiger partial charge in [-0.05, 0) is 36.2 Å². The number of nitrogens with one attached hydrogen (secondary N) is 1. The van der Waals surface area contributed by atoms with Gasteiger partial charge in [0.25, 0.3) is 0 Å². The molecule has 0 aliphatic rings. The average Bonchev–Trinajstić information content (AvgIpc) is 2.37. The molecule has 1 aromatic rings. The van der Waals surface area contributed by atoms with Gasteiger partial charge in [0.05, 0.1) is 17.9 Å². The van der Waals surface area contributed by atoms with E-state index in [1.165, 1.54) is 0 Å². The number of amides is 1. The van der Waals surface area contributed by atoms with Crippen LogP contribution < -0.4 is 11.1 Å². The standard InChI is InChI=1S/C16H27N3O/c1-6-19(7-2)11-15(20)18-14-9-8-12(10-13(14)17)16(3,4)5/h8-10H,6-7,11,17H2,1-5H3,(H,18,20). The summed E-state index contributed by atoms with van der Waals surface area (Å²) in [5.41, 5.74) is 8.56. The Bertz CT molecular complexity index is 459. The summed E-state index contributed by atoms with van der Waals surface area (Å²) in [5, 5.41) is 2.88. The molecule has 1 amide bonds. The van der Waals surface area contributed by atoms with E-state index in [0.29, 0.717) is 17.9 Å². The lowest BCUT2D eigenvalue weighted by molar-refractivity contribution is -0.117. The molecular weight excluding hydrogens is 250 g/mol. The second-order valence-corrected chi connectivity index (χ2v) is 6.06. The molecule has 0 spiro atoms. The zero-order chi connectivity index (χ0) is 15.3. The molecule has 3 N–H and O–H groups in total. The molecule has 0 unspecified atom stereocenters. The van der Waals surface area contributed by atoms with Gasteiger partial charge in [-0.2, -0.15) is 0 Å². The summed E-state index contributed by atoms with van der Waals surface area (Å²) in [4.78, 5) is 14.0. The van der Waals surface area contributed by atoms with Crippen LogP contribution in [0.1, 0.15) is 40.2 Å². The monoisotopic (exact) mass is 277 g/mol. The smallest absolute Gasteiger partial charge is 0.238 e. The van der Waals surface area contributed by atoms with Crippen molar-refractivity contribution in [2.24, 2.45) is 0 Å². The molecule has 112 valence electrons. The first-order valence-electron chi connectivity index (χ1n) is 7.20. The fraction of sp³-hybridized carbons (Fsp3) is 0.562. The number of nitrogen functional groups attached to an aromatic ring is 1. The van der Waals surface area contributed by atoms with Gasteiger partial charge in [0.1, 0.15) is 0 Å². The van der Waals surface area contributed by atoms with Gasteiger partial charge in [-0.25, -0.2) is 0 Å². The summed E-state index contributed by atoms with van der Waals surface area (Å²) >= 11 is 0. The van der Waals surface area contributed by atoms with Crippen LogP contribution in [0.3, 0.4) is 0 Å². The van der Waals surface area contributed by atoms with Crippen LogP contribution in [0.15, 0.2) is 18.2 Å². The molecule has 0 fully saturated rings. The summed E-state index contributed by atoms with van der Waals surface area (Å²) in [5.74, 6) is -0.0242. The molecule has 0 saturated carbocycles. The lowest BCUT2D eigenvalue weighted by Gasteiger charge is -2.21. The van der Waals surface area contributed by atoms with E-state index in [1.54, 1.807) is 0 Å². The number of nitrogens with two attached hydrogens (primary N) is 1. The van der Waals surface area contributed by atoms with Crippen molar-refractivity contribution in [3.8, 4) is 0 Å². The van der Waals surface area contributed by atoms with Crippen LogP contribution in [0.25, 0.3) is 0 Å². The third kappa shape index (κ3) is 4.53. The Morgan fingerprint density at radius 2 is 1.85 bits per heavy atom. The van der Waals surface area contributed by atoms with Crippen molar-refractivity contribution < 1.29 is 4.79 Å². The van der Waals surface area contributed by atoms with E-state index in [-0.39, 0.29) is 11.3 Å². The molecule has 0 saturated heterocycles. The Balaban J connectivity index is 2.76. The first kappa shape index (κ1) is 16.5. The zero-order valence-corrected chi connectivity index (χ0v) is 13.3. The third-order valence-electron chi connectivity index (χ3n) is 3.45. The summed E-state index contributed by atoms with van der Waals surface area (Å²) in [6.45, 7) is 12.6. The molecule has 4 nitrogen and oxygen atoms in total. The lowest BCUT2D eigenvalue weighted by atomic mass is 9.86. The fourth-order valence-corrected chi connectivity index (χ4v) is 1.98. The largest absolute Gasteiger partial charge is 0.397 e. The summed E-state index contributed by atoms with van der Waals surface area (Å²) in [6, 6.07) is 5.84. The van der Waals surface area contributed by atoms with Gasteiger partial charge in [0.15, 0.2) is 0 Å². The molecule has 20 heavy (non-hydrogen) atoms. The molecule has 1 rings (SSSR count). The van der Waals surface area contributed by atoms with Crippen molar-refractivity contribution in [3.05, 3.63) is 23.8 Å². The van der Waals surface area contributed by atoms with Gasteiger partial charge >= 0.3 is 0 Å². The highest BCUT2D eigenvalue weighted by atomic mass is 16.2. The molecule has 0 aliphatic carbocycles. The number of rotatable bonds is 5. The average molecular weight is 277 g/mol. The van der Waals surface area contributed by atoms with Gasteiger partial charge in [-0.1, -0.05) is 40.7 Å². The van der Waals surface area contributed by atoms with Crippen LogP contribution in [-0.4, -0.2) is 30.4 Å². The zero-order valence-electron chi connectivity index (χ0n) is 13.3. The number of hydrogen-bond acceptors (Lipinski definition) is 3. The minimum Gasteiger partial charge on any atom is -0.397 e. The number of carbonyl (C=O) groups excluding carboxylic acids is 1. The van der Waals surface area contributed by atoms with E-state index in [9.17, 15) is 4.79 Å². The highest BCUT2D eigenvalue weighted by molar-refractivity contribution is 5.95. The Kier molecular flexibility index (Phi) is 5.57. The van der Waals surface area contributed by atoms with E-state index in [0.717, 1.165) is 18.7 Å². The van der Waals surface area contributed by atoms with E-state index in [4.69, 9.17) is 5.73 Å². The van der Waals surface area contributed by atoms with Crippen LogP contribution in [-0.2, 0) is 10.2 Å². The van der Waals surface area contributed by atoms with E-state index >= 15 is 0 Å². The Labute approximate surface area is 122 Å². The van der Waals surface area contributed by atoms with Crippen LogP contribution >= 0.6 is 0 Å². The second-order valence-electron chi connectivity index (χ2n) is 6.06. The predicted octanol–water partition coefficient (Wildman–Crippen LogP) is 2.85. The van der Waals surface area contributed by atoms with Crippen LogP contribution in [0.2, 0.25) is 0 Å². The molecule has 0 heterocycles. The minimum absolute atomic E-state index is 0.0242. The Morgan fingerprint density at radius 1 is 1.25 bits per heavy atom. The number of anilines is 2. The summed E-state index contributed by atoms with van der Waals surface area (Å²) in [6.07, 6.45) is 0. The van der Waals surface area contributed by atoms with E-state index < -0.39 is 0 Å². The highest BCUT2D eigenvalue weighted by Crippen LogP contribution is 2.28. The maximum absolute atomic E-state index is 12.0. The van der Waals surface area contributed by atoms with Gasteiger partial charge in [0.2, 0.25) is 5.91 Å². The fourth-order valence-electron chi connectivity index (χ4n) is 1.98. The predicted molar refractivity (Wildman–Crippen MR) is 86.0 cm³/mol. The van der Waals surface area contributed by atoms with Crippen molar-refractivity contribution >= 4 is 17.3 Å². The molecule has 0 bridgehead atoms. The van der Waals surface area contributed by atoms with Crippen LogP contribution in [0.5, 0.6) is 0 Å². The van der Waals surface area contributed by atoms with Gasteiger partial charge < -0.3 is 11.1 Å². The van der Waals surface area contributed by atoms with Crippen LogP contribution in [0, 0.1) is 0 Å². The quantitative estimate of drug-likeness (QED) is 0.814. The molecular formula is C16H27N3O. The maximum atomic E-state index is 12.0. The number of nitrogens with zero attached hydrogens (tertiary/aromatic N) is 1.